The number of hydrogen-bond acceptors (Lipinski definition) is 2. The van der Waals surface area contributed by atoms with E-state index in [9.17, 15) is 0 Å². The van der Waals surface area contributed by atoms with E-state index in [-0.39, 0.29) is 6.04 Å². The summed E-state index contributed by atoms with van der Waals surface area (Å²) in [7, 11) is 0. The molecule has 0 aromatic rings. The van der Waals surface area contributed by atoms with Gasteiger partial charge in [0.05, 0.1) is 6.04 Å². The van der Waals surface area contributed by atoms with Gasteiger partial charge in [-0.25, -0.2) is 0 Å². The highest BCUT2D eigenvalue weighted by Crippen LogP contribution is 2.39. The minimum absolute atomic E-state index is 0.208. The van der Waals surface area contributed by atoms with Gasteiger partial charge in [-0.3, -0.25) is 5.32 Å². The average molecular weight is 169 g/mol. The maximum atomic E-state index is 5.27. The molecule has 1 aliphatic rings. The lowest BCUT2D eigenvalue weighted by Gasteiger charge is -2.44. The van der Waals surface area contributed by atoms with E-state index < -0.39 is 0 Å². The van der Waals surface area contributed by atoms with E-state index in [0.29, 0.717) is 10.8 Å². The summed E-state index contributed by atoms with van der Waals surface area (Å²) in [6.07, 6.45) is 5.27. The Balaban J connectivity index is 2.35. The molecule has 2 heteroatoms. The van der Waals surface area contributed by atoms with Crippen molar-refractivity contribution in [1.82, 2.24) is 5.32 Å². The molecular weight excluding hydrogens is 154 g/mol. The smallest absolute Gasteiger partial charge is 0.0661 e. The van der Waals surface area contributed by atoms with Crippen molar-refractivity contribution in [3.05, 3.63) is 0 Å². The molecule has 62 valence electrons. The van der Waals surface area contributed by atoms with Crippen LogP contribution < -0.4 is 5.32 Å². The second-order valence-electron chi connectivity index (χ2n) is 3.52. The number of nitrogens with one attached hydrogen (secondary N) is 1. The van der Waals surface area contributed by atoms with Gasteiger partial charge in [0.25, 0.3) is 0 Å². The van der Waals surface area contributed by atoms with E-state index in [0.717, 1.165) is 0 Å². The molecule has 0 radical (unpaired) electrons. The number of terminal acetylenes is 1. The molecule has 2 unspecified atom stereocenters. The Morgan fingerprint density at radius 2 is 2.36 bits per heavy atom. The van der Waals surface area contributed by atoms with E-state index >= 15 is 0 Å². The Kier molecular flexibility index (Phi) is 2.51. The lowest BCUT2D eigenvalue weighted by atomic mass is 10.0. The van der Waals surface area contributed by atoms with Crippen molar-refractivity contribution in [3.8, 4) is 12.3 Å². The molecule has 0 bridgehead atoms. The van der Waals surface area contributed by atoms with Crippen LogP contribution in [0.4, 0.5) is 0 Å². The van der Waals surface area contributed by atoms with Gasteiger partial charge < -0.3 is 0 Å². The first-order chi connectivity index (χ1) is 5.06. The third-order valence-electron chi connectivity index (χ3n) is 2.16. The molecule has 1 N–H and O–H groups in total. The van der Waals surface area contributed by atoms with Crippen molar-refractivity contribution in [2.75, 3.05) is 5.75 Å². The minimum Gasteiger partial charge on any atom is -0.299 e. The molecule has 1 aliphatic heterocycles. The van der Waals surface area contributed by atoms with E-state index in [4.69, 9.17) is 6.42 Å². The first kappa shape index (κ1) is 8.96. The number of hydrogen-bond donors (Lipinski definition) is 1. The summed E-state index contributed by atoms with van der Waals surface area (Å²) in [5.41, 5.74) is 0. The Morgan fingerprint density at radius 3 is 2.64 bits per heavy atom. The van der Waals surface area contributed by atoms with Crippen LogP contribution >= 0.6 is 11.8 Å². The van der Waals surface area contributed by atoms with Crippen LogP contribution in [0.15, 0.2) is 0 Å². The van der Waals surface area contributed by atoms with Gasteiger partial charge in [-0.05, 0) is 20.8 Å². The van der Waals surface area contributed by atoms with Crippen LogP contribution in [0, 0.1) is 12.3 Å². The van der Waals surface area contributed by atoms with Crippen LogP contribution in [0.1, 0.15) is 20.8 Å². The van der Waals surface area contributed by atoms with Crippen molar-refractivity contribution >= 4 is 11.8 Å². The van der Waals surface area contributed by atoms with Gasteiger partial charge in [0.1, 0.15) is 0 Å². The fourth-order valence-electron chi connectivity index (χ4n) is 1.10. The van der Waals surface area contributed by atoms with Crippen LogP contribution in [0.25, 0.3) is 0 Å². The Labute approximate surface area is 73.3 Å². The van der Waals surface area contributed by atoms with Gasteiger partial charge in [-0.15, -0.1) is 6.42 Å². The average Bonchev–Trinajstić information content (AvgIpc) is 1.98. The van der Waals surface area contributed by atoms with Crippen LogP contribution in [0.3, 0.4) is 0 Å². The Bertz CT molecular complexity index is 180. The first-order valence-corrected chi connectivity index (χ1v) is 4.91. The fourth-order valence-corrected chi connectivity index (χ4v) is 2.26. The first-order valence-electron chi connectivity index (χ1n) is 3.92. The molecule has 0 spiro atoms. The van der Waals surface area contributed by atoms with Crippen molar-refractivity contribution in [1.29, 1.82) is 0 Å². The van der Waals surface area contributed by atoms with Crippen LogP contribution in [-0.4, -0.2) is 22.6 Å². The number of rotatable bonds is 2. The molecule has 0 aromatic heterocycles. The van der Waals surface area contributed by atoms with Crippen LogP contribution in [-0.2, 0) is 0 Å². The van der Waals surface area contributed by atoms with Gasteiger partial charge in [-0.2, -0.15) is 11.8 Å². The second kappa shape index (κ2) is 3.08. The molecule has 0 aliphatic carbocycles. The van der Waals surface area contributed by atoms with Gasteiger partial charge in [0.2, 0.25) is 0 Å². The highest BCUT2D eigenvalue weighted by atomic mass is 32.2. The molecule has 0 saturated carbocycles. The summed E-state index contributed by atoms with van der Waals surface area (Å²) in [5.74, 6) is 3.87. The summed E-state index contributed by atoms with van der Waals surface area (Å²) in [6, 6.07) is 0.804. The van der Waals surface area contributed by atoms with Crippen molar-refractivity contribution < 1.29 is 0 Å². The maximum Gasteiger partial charge on any atom is 0.0661 e. The molecule has 2 atom stereocenters. The lowest BCUT2D eigenvalue weighted by molar-refractivity contribution is 0.423. The molecule has 0 amide bonds. The molecule has 11 heavy (non-hydrogen) atoms. The molecule has 1 heterocycles. The molecule has 1 fully saturated rings. The minimum atomic E-state index is 0.208. The lowest BCUT2D eigenvalue weighted by Crippen LogP contribution is -2.56. The predicted octanol–water partition coefficient (Wildman–Crippen LogP) is 1.49. The summed E-state index contributed by atoms with van der Waals surface area (Å²) < 4.78 is 0.380. The highest BCUT2D eigenvalue weighted by molar-refractivity contribution is 8.02. The Morgan fingerprint density at radius 1 is 1.73 bits per heavy atom. The van der Waals surface area contributed by atoms with Crippen LogP contribution in [0.2, 0.25) is 0 Å². The van der Waals surface area contributed by atoms with E-state index in [1.165, 1.54) is 5.75 Å². The molecule has 1 rings (SSSR count). The summed E-state index contributed by atoms with van der Waals surface area (Å²) >= 11 is 1.99. The molecule has 1 nitrogen and oxygen atoms in total. The predicted molar refractivity (Wildman–Crippen MR) is 51.8 cm³/mol. The SMILES string of the molecule is C#CC(C)NC1CSC1(C)C. The fraction of sp³-hybridized carbons (Fsp3) is 0.778. The maximum absolute atomic E-state index is 5.27. The topological polar surface area (TPSA) is 12.0 Å². The zero-order chi connectivity index (χ0) is 8.48. The van der Waals surface area contributed by atoms with Crippen molar-refractivity contribution in [2.24, 2.45) is 0 Å². The summed E-state index contributed by atoms with van der Waals surface area (Å²) in [6.45, 7) is 6.53. The van der Waals surface area contributed by atoms with Crippen molar-refractivity contribution in [2.45, 2.75) is 37.6 Å². The summed E-state index contributed by atoms with van der Waals surface area (Å²) in [4.78, 5) is 0. The zero-order valence-corrected chi connectivity index (χ0v) is 8.16. The summed E-state index contributed by atoms with van der Waals surface area (Å²) in [5, 5.41) is 3.40. The largest absolute Gasteiger partial charge is 0.299 e. The monoisotopic (exact) mass is 169 g/mol. The molecular formula is C9H15NS. The number of thioether (sulfide) groups is 1. The third kappa shape index (κ3) is 1.91. The normalized spacial score (nSPS) is 30.2. The van der Waals surface area contributed by atoms with Gasteiger partial charge in [-0.1, -0.05) is 5.92 Å². The van der Waals surface area contributed by atoms with Crippen LogP contribution in [0.5, 0.6) is 0 Å². The second-order valence-corrected chi connectivity index (χ2v) is 5.20. The molecule has 1 saturated heterocycles. The standard InChI is InChI=1S/C9H15NS/c1-5-7(2)10-8-6-11-9(8,3)4/h1,7-8,10H,6H2,2-4H3. The van der Waals surface area contributed by atoms with Gasteiger partial charge in [0.15, 0.2) is 0 Å². The third-order valence-corrected chi connectivity index (χ3v) is 3.69. The van der Waals surface area contributed by atoms with Gasteiger partial charge >= 0.3 is 0 Å². The molecule has 0 aromatic carbocycles. The van der Waals surface area contributed by atoms with E-state index in [1.807, 2.05) is 18.7 Å². The van der Waals surface area contributed by atoms with Gasteiger partial charge in [0, 0.05) is 16.5 Å². The van der Waals surface area contributed by atoms with Crippen molar-refractivity contribution in [3.63, 3.8) is 0 Å². The van der Waals surface area contributed by atoms with E-state index in [1.54, 1.807) is 0 Å². The van der Waals surface area contributed by atoms with E-state index in [2.05, 4.69) is 25.1 Å². The highest BCUT2D eigenvalue weighted by Gasteiger charge is 2.39. The Hall–Kier alpha value is -0.130. The zero-order valence-electron chi connectivity index (χ0n) is 7.35. The quantitative estimate of drug-likeness (QED) is 0.629.